The number of hydrogen-bond donors (Lipinski definition) is 1. The van der Waals surface area contributed by atoms with E-state index in [0.717, 1.165) is 10.9 Å². The molecule has 1 rings (SSSR count). The van der Waals surface area contributed by atoms with E-state index in [1.54, 1.807) is 13.8 Å². The summed E-state index contributed by atoms with van der Waals surface area (Å²) in [6.07, 6.45) is -3.56. The Balaban J connectivity index is 3.09. The Morgan fingerprint density at radius 3 is 2.50 bits per heavy atom. The lowest BCUT2D eigenvalue weighted by atomic mass is 10.2. The molecule has 0 saturated heterocycles. The fraction of sp³-hybridized carbons (Fsp3) is 0.556. The Morgan fingerprint density at radius 1 is 1.50 bits per heavy atom. The molecule has 0 unspecified atom stereocenters. The lowest BCUT2D eigenvalue weighted by Gasteiger charge is -2.09. The lowest BCUT2D eigenvalue weighted by Crippen LogP contribution is -2.31. The second kappa shape index (κ2) is 4.15. The van der Waals surface area contributed by atoms with Gasteiger partial charge in [0.25, 0.3) is 5.91 Å². The van der Waals surface area contributed by atoms with Gasteiger partial charge in [-0.3, -0.25) is 9.48 Å². The average molecular weight is 235 g/mol. The van der Waals surface area contributed by atoms with E-state index in [4.69, 9.17) is 0 Å². The molecule has 0 atom stereocenters. The van der Waals surface area contributed by atoms with E-state index in [2.05, 4.69) is 10.4 Å². The number of alkyl halides is 3. The Hall–Kier alpha value is -1.53. The van der Waals surface area contributed by atoms with Crippen molar-refractivity contribution < 1.29 is 18.0 Å². The molecule has 1 aromatic heterocycles. The number of rotatable bonds is 2. The highest BCUT2D eigenvalue weighted by Gasteiger charge is 2.38. The van der Waals surface area contributed by atoms with Gasteiger partial charge < -0.3 is 5.32 Å². The number of carbonyl (C=O) groups is 1. The molecule has 0 aliphatic rings. The Morgan fingerprint density at radius 2 is 2.06 bits per heavy atom. The van der Waals surface area contributed by atoms with Gasteiger partial charge >= 0.3 is 6.18 Å². The molecule has 1 amide bonds. The van der Waals surface area contributed by atoms with Gasteiger partial charge in [-0.25, -0.2) is 0 Å². The SMILES string of the molecule is CC(C)NC(=O)c1cn(C)nc1C(F)(F)F. The molecule has 0 spiro atoms. The molecule has 0 aromatic carbocycles. The second-order valence-electron chi connectivity index (χ2n) is 3.69. The number of aromatic nitrogens is 2. The summed E-state index contributed by atoms with van der Waals surface area (Å²) < 4.78 is 38.5. The van der Waals surface area contributed by atoms with Gasteiger partial charge in [-0.05, 0) is 13.8 Å². The standard InChI is InChI=1S/C9H12F3N3O/c1-5(2)13-8(16)6-4-15(3)14-7(6)9(10,11)12/h4-5H,1-3H3,(H,13,16). The summed E-state index contributed by atoms with van der Waals surface area (Å²) in [6.45, 7) is 3.34. The fourth-order valence-corrected chi connectivity index (χ4v) is 1.20. The van der Waals surface area contributed by atoms with Crippen LogP contribution in [0, 0.1) is 0 Å². The summed E-state index contributed by atoms with van der Waals surface area (Å²) >= 11 is 0. The van der Waals surface area contributed by atoms with Crippen LogP contribution in [0.15, 0.2) is 6.20 Å². The zero-order valence-electron chi connectivity index (χ0n) is 9.09. The van der Waals surface area contributed by atoms with Crippen molar-refractivity contribution in [2.24, 2.45) is 7.05 Å². The molecule has 0 fully saturated rings. The molecule has 0 aliphatic heterocycles. The summed E-state index contributed by atoms with van der Waals surface area (Å²) in [5.74, 6) is -0.768. The van der Waals surface area contributed by atoms with Crippen LogP contribution in [0.25, 0.3) is 0 Å². The zero-order valence-corrected chi connectivity index (χ0v) is 9.09. The third-order valence-electron chi connectivity index (χ3n) is 1.76. The smallest absolute Gasteiger partial charge is 0.350 e. The summed E-state index contributed by atoms with van der Waals surface area (Å²) in [5, 5.41) is 5.63. The molecular formula is C9H12F3N3O. The van der Waals surface area contributed by atoms with Crippen molar-refractivity contribution in [2.75, 3.05) is 0 Å². The van der Waals surface area contributed by atoms with Crippen molar-refractivity contribution >= 4 is 5.91 Å². The topological polar surface area (TPSA) is 46.9 Å². The van der Waals surface area contributed by atoms with Crippen molar-refractivity contribution in [2.45, 2.75) is 26.1 Å². The fourth-order valence-electron chi connectivity index (χ4n) is 1.20. The predicted molar refractivity (Wildman–Crippen MR) is 50.8 cm³/mol. The monoisotopic (exact) mass is 235 g/mol. The first kappa shape index (κ1) is 12.5. The molecule has 0 bridgehead atoms. The van der Waals surface area contributed by atoms with E-state index in [1.165, 1.54) is 7.05 Å². The zero-order chi connectivity index (χ0) is 12.5. The summed E-state index contributed by atoms with van der Waals surface area (Å²) in [5.41, 5.74) is -1.61. The Labute approximate surface area is 90.4 Å². The number of amides is 1. The molecule has 4 nitrogen and oxygen atoms in total. The van der Waals surface area contributed by atoms with Gasteiger partial charge in [0.05, 0.1) is 5.56 Å². The van der Waals surface area contributed by atoms with Crippen molar-refractivity contribution in [3.8, 4) is 0 Å². The Kier molecular flexibility index (Phi) is 3.25. The summed E-state index contributed by atoms with van der Waals surface area (Å²) in [4.78, 5) is 11.5. The maximum absolute atomic E-state index is 12.5. The Bertz CT molecular complexity index is 395. The minimum Gasteiger partial charge on any atom is -0.350 e. The van der Waals surface area contributed by atoms with Crippen molar-refractivity contribution in [3.63, 3.8) is 0 Å². The van der Waals surface area contributed by atoms with E-state index in [1.807, 2.05) is 0 Å². The number of halogens is 3. The van der Waals surface area contributed by atoms with Crippen LogP contribution in [0.4, 0.5) is 13.2 Å². The number of nitrogens with zero attached hydrogens (tertiary/aromatic N) is 2. The number of hydrogen-bond acceptors (Lipinski definition) is 2. The van der Waals surface area contributed by atoms with Crippen LogP contribution < -0.4 is 5.32 Å². The van der Waals surface area contributed by atoms with E-state index in [0.29, 0.717) is 0 Å². The van der Waals surface area contributed by atoms with Crippen LogP contribution in [0.1, 0.15) is 29.9 Å². The molecule has 1 heterocycles. The average Bonchev–Trinajstić information content (AvgIpc) is 2.45. The van der Waals surface area contributed by atoms with Gasteiger partial charge in [0, 0.05) is 19.3 Å². The van der Waals surface area contributed by atoms with Gasteiger partial charge in [0.15, 0.2) is 5.69 Å². The molecule has 0 saturated carbocycles. The summed E-state index contributed by atoms with van der Waals surface area (Å²) in [6, 6.07) is -0.228. The van der Waals surface area contributed by atoms with E-state index < -0.39 is 23.3 Å². The number of carbonyl (C=O) groups excluding carboxylic acids is 1. The molecular weight excluding hydrogens is 223 g/mol. The first-order chi connectivity index (χ1) is 7.21. The van der Waals surface area contributed by atoms with Gasteiger partial charge in [-0.2, -0.15) is 18.3 Å². The largest absolute Gasteiger partial charge is 0.435 e. The molecule has 0 radical (unpaired) electrons. The van der Waals surface area contributed by atoms with Crippen LogP contribution in [-0.2, 0) is 13.2 Å². The highest BCUT2D eigenvalue weighted by Crippen LogP contribution is 2.30. The van der Waals surface area contributed by atoms with Crippen LogP contribution in [0.2, 0.25) is 0 Å². The van der Waals surface area contributed by atoms with Crippen LogP contribution in [0.5, 0.6) is 0 Å². The van der Waals surface area contributed by atoms with Crippen molar-refractivity contribution in [3.05, 3.63) is 17.5 Å². The van der Waals surface area contributed by atoms with Crippen molar-refractivity contribution in [1.82, 2.24) is 15.1 Å². The highest BCUT2D eigenvalue weighted by atomic mass is 19.4. The summed E-state index contributed by atoms with van der Waals surface area (Å²) in [7, 11) is 1.33. The molecule has 0 aliphatic carbocycles. The number of aryl methyl sites for hydroxylation is 1. The van der Waals surface area contributed by atoms with Crippen LogP contribution >= 0.6 is 0 Å². The van der Waals surface area contributed by atoms with Gasteiger partial charge in [-0.1, -0.05) is 0 Å². The molecule has 90 valence electrons. The van der Waals surface area contributed by atoms with E-state index in [-0.39, 0.29) is 6.04 Å². The number of nitrogens with one attached hydrogen (secondary N) is 1. The third-order valence-corrected chi connectivity index (χ3v) is 1.76. The van der Waals surface area contributed by atoms with Gasteiger partial charge in [-0.15, -0.1) is 0 Å². The van der Waals surface area contributed by atoms with Gasteiger partial charge in [0.2, 0.25) is 0 Å². The first-order valence-corrected chi connectivity index (χ1v) is 4.63. The minimum atomic E-state index is -4.62. The highest BCUT2D eigenvalue weighted by molar-refractivity contribution is 5.95. The van der Waals surface area contributed by atoms with E-state index >= 15 is 0 Å². The molecule has 16 heavy (non-hydrogen) atoms. The quantitative estimate of drug-likeness (QED) is 0.845. The van der Waals surface area contributed by atoms with Crippen LogP contribution in [0.3, 0.4) is 0 Å². The van der Waals surface area contributed by atoms with Gasteiger partial charge in [0.1, 0.15) is 0 Å². The predicted octanol–water partition coefficient (Wildman–Crippen LogP) is 1.58. The minimum absolute atomic E-state index is 0.228. The normalized spacial score (nSPS) is 11.9. The maximum atomic E-state index is 12.5. The third kappa shape index (κ3) is 2.74. The lowest BCUT2D eigenvalue weighted by molar-refractivity contribution is -0.141. The van der Waals surface area contributed by atoms with Crippen molar-refractivity contribution in [1.29, 1.82) is 0 Å². The molecule has 7 heteroatoms. The second-order valence-corrected chi connectivity index (χ2v) is 3.69. The van der Waals surface area contributed by atoms with E-state index in [9.17, 15) is 18.0 Å². The van der Waals surface area contributed by atoms with Crippen LogP contribution in [-0.4, -0.2) is 21.7 Å². The molecule has 1 N–H and O–H groups in total. The molecule has 1 aromatic rings. The first-order valence-electron chi connectivity index (χ1n) is 4.63. The maximum Gasteiger partial charge on any atom is 0.435 e.